The van der Waals surface area contributed by atoms with Gasteiger partial charge in [0.25, 0.3) is 0 Å². The molecule has 1 fully saturated rings. The number of thiocarbonyl (C=S) groups is 1. The van der Waals surface area contributed by atoms with Crippen LogP contribution in [0, 0.1) is 0 Å². The van der Waals surface area contributed by atoms with Crippen molar-refractivity contribution in [2.24, 2.45) is 5.73 Å². The molecule has 0 spiro atoms. The minimum Gasteiger partial charge on any atom is -0.393 e. The lowest BCUT2D eigenvalue weighted by Gasteiger charge is -2.14. The fraction of sp³-hybridized carbons (Fsp3) is 0.875. The van der Waals surface area contributed by atoms with Crippen LogP contribution in [-0.2, 0) is 0 Å². The standard InChI is InChI=1S/C8H16N2S/c1-10(7-4-5-7)6-2-3-8(9)11/h7H,2-6H2,1H3,(H2,9,11). The first-order valence-corrected chi connectivity index (χ1v) is 4.59. The molecule has 11 heavy (non-hydrogen) atoms. The Kier molecular flexibility index (Phi) is 3.27. The second kappa shape index (κ2) is 4.02. The smallest absolute Gasteiger partial charge is 0.0727 e. The SMILES string of the molecule is CN(CCCC(N)=S)C1CC1. The highest BCUT2D eigenvalue weighted by Gasteiger charge is 2.25. The van der Waals surface area contributed by atoms with Crippen LogP contribution in [0.15, 0.2) is 0 Å². The summed E-state index contributed by atoms with van der Waals surface area (Å²) in [5.74, 6) is 0. The van der Waals surface area contributed by atoms with Gasteiger partial charge in [-0.05, 0) is 39.3 Å². The van der Waals surface area contributed by atoms with Crippen molar-refractivity contribution in [1.82, 2.24) is 4.90 Å². The van der Waals surface area contributed by atoms with Crippen LogP contribution in [-0.4, -0.2) is 29.5 Å². The molecule has 1 aliphatic rings. The third kappa shape index (κ3) is 3.68. The fourth-order valence-corrected chi connectivity index (χ4v) is 1.34. The molecule has 0 bridgehead atoms. The average Bonchev–Trinajstić information content (AvgIpc) is 2.66. The number of rotatable bonds is 5. The summed E-state index contributed by atoms with van der Waals surface area (Å²) in [6, 6.07) is 0.862. The molecule has 0 radical (unpaired) electrons. The molecule has 0 atom stereocenters. The van der Waals surface area contributed by atoms with Gasteiger partial charge in [0.05, 0.1) is 4.99 Å². The summed E-state index contributed by atoms with van der Waals surface area (Å²) < 4.78 is 0. The summed E-state index contributed by atoms with van der Waals surface area (Å²) in [6.07, 6.45) is 4.77. The molecule has 0 heterocycles. The van der Waals surface area contributed by atoms with E-state index >= 15 is 0 Å². The summed E-state index contributed by atoms with van der Waals surface area (Å²) in [6.45, 7) is 1.14. The van der Waals surface area contributed by atoms with Crippen molar-refractivity contribution in [3.05, 3.63) is 0 Å². The zero-order valence-electron chi connectivity index (χ0n) is 7.05. The van der Waals surface area contributed by atoms with Crippen molar-refractivity contribution in [2.75, 3.05) is 13.6 Å². The first kappa shape index (κ1) is 8.94. The van der Waals surface area contributed by atoms with Crippen molar-refractivity contribution in [1.29, 1.82) is 0 Å². The Labute approximate surface area is 73.7 Å². The molecule has 0 saturated heterocycles. The second-order valence-electron chi connectivity index (χ2n) is 3.28. The lowest BCUT2D eigenvalue weighted by atomic mass is 10.3. The highest BCUT2D eigenvalue weighted by atomic mass is 32.1. The van der Waals surface area contributed by atoms with Gasteiger partial charge in [0.2, 0.25) is 0 Å². The van der Waals surface area contributed by atoms with Crippen LogP contribution in [0.25, 0.3) is 0 Å². The molecule has 0 aromatic carbocycles. The highest BCUT2D eigenvalue weighted by molar-refractivity contribution is 7.80. The molecule has 1 rings (SSSR count). The molecular formula is C8H16N2S. The van der Waals surface area contributed by atoms with Gasteiger partial charge in [-0.25, -0.2) is 0 Å². The first-order chi connectivity index (χ1) is 5.20. The highest BCUT2D eigenvalue weighted by Crippen LogP contribution is 2.25. The Hall–Kier alpha value is -0.150. The maximum Gasteiger partial charge on any atom is 0.0727 e. The molecule has 1 aliphatic carbocycles. The van der Waals surface area contributed by atoms with Crippen LogP contribution in [0.3, 0.4) is 0 Å². The van der Waals surface area contributed by atoms with Crippen LogP contribution < -0.4 is 5.73 Å². The molecule has 0 aromatic rings. The van der Waals surface area contributed by atoms with E-state index in [1.807, 2.05) is 0 Å². The number of nitrogens with zero attached hydrogens (tertiary/aromatic N) is 1. The molecule has 0 unspecified atom stereocenters. The van der Waals surface area contributed by atoms with Gasteiger partial charge in [0.15, 0.2) is 0 Å². The van der Waals surface area contributed by atoms with E-state index in [4.69, 9.17) is 18.0 Å². The van der Waals surface area contributed by atoms with Crippen molar-refractivity contribution < 1.29 is 0 Å². The minimum atomic E-state index is 0.647. The topological polar surface area (TPSA) is 29.3 Å². The lowest BCUT2D eigenvalue weighted by Crippen LogP contribution is -2.23. The van der Waals surface area contributed by atoms with E-state index in [-0.39, 0.29) is 0 Å². The van der Waals surface area contributed by atoms with E-state index in [1.165, 1.54) is 12.8 Å². The van der Waals surface area contributed by atoms with E-state index in [2.05, 4.69) is 11.9 Å². The molecule has 64 valence electrons. The van der Waals surface area contributed by atoms with Gasteiger partial charge in [0.1, 0.15) is 0 Å². The minimum absolute atomic E-state index is 0.647. The Balaban J connectivity index is 1.97. The fourth-order valence-electron chi connectivity index (χ4n) is 1.20. The van der Waals surface area contributed by atoms with E-state index in [9.17, 15) is 0 Å². The van der Waals surface area contributed by atoms with Gasteiger partial charge in [-0.2, -0.15) is 0 Å². The molecule has 0 amide bonds. The van der Waals surface area contributed by atoms with Crippen molar-refractivity contribution >= 4 is 17.2 Å². The van der Waals surface area contributed by atoms with E-state index in [0.29, 0.717) is 4.99 Å². The van der Waals surface area contributed by atoms with Gasteiger partial charge in [-0.15, -0.1) is 0 Å². The van der Waals surface area contributed by atoms with Gasteiger partial charge < -0.3 is 10.6 Å². The lowest BCUT2D eigenvalue weighted by molar-refractivity contribution is 0.322. The maximum atomic E-state index is 5.38. The van der Waals surface area contributed by atoms with E-state index < -0.39 is 0 Å². The first-order valence-electron chi connectivity index (χ1n) is 4.18. The van der Waals surface area contributed by atoms with Crippen LogP contribution in [0.2, 0.25) is 0 Å². The molecule has 2 N–H and O–H groups in total. The Morgan fingerprint density at radius 2 is 2.27 bits per heavy atom. The second-order valence-corrected chi connectivity index (χ2v) is 3.81. The van der Waals surface area contributed by atoms with Gasteiger partial charge >= 0.3 is 0 Å². The summed E-state index contributed by atoms with van der Waals surface area (Å²) >= 11 is 4.79. The van der Waals surface area contributed by atoms with Gasteiger partial charge in [-0.1, -0.05) is 12.2 Å². The van der Waals surface area contributed by atoms with E-state index in [1.54, 1.807) is 0 Å². The van der Waals surface area contributed by atoms with Crippen LogP contribution in [0.4, 0.5) is 0 Å². The monoisotopic (exact) mass is 172 g/mol. The Bertz CT molecular complexity index is 143. The molecule has 1 saturated carbocycles. The third-order valence-corrected chi connectivity index (χ3v) is 2.31. The summed E-state index contributed by atoms with van der Waals surface area (Å²) in [5, 5.41) is 0. The predicted octanol–water partition coefficient (Wildman–Crippen LogP) is 1.15. The summed E-state index contributed by atoms with van der Waals surface area (Å²) in [7, 11) is 2.18. The van der Waals surface area contributed by atoms with E-state index in [0.717, 1.165) is 25.4 Å². The molecule has 0 aliphatic heterocycles. The largest absolute Gasteiger partial charge is 0.393 e. The average molecular weight is 172 g/mol. The van der Waals surface area contributed by atoms with Gasteiger partial charge in [-0.3, -0.25) is 0 Å². The normalized spacial score (nSPS) is 17.3. The zero-order chi connectivity index (χ0) is 8.27. The maximum absolute atomic E-state index is 5.38. The summed E-state index contributed by atoms with van der Waals surface area (Å²) in [4.78, 5) is 3.05. The molecule has 0 aromatic heterocycles. The molecule has 2 nitrogen and oxygen atoms in total. The van der Waals surface area contributed by atoms with Crippen LogP contribution in [0.5, 0.6) is 0 Å². The quantitative estimate of drug-likeness (QED) is 0.631. The molecule has 3 heteroatoms. The van der Waals surface area contributed by atoms with Crippen molar-refractivity contribution in [3.63, 3.8) is 0 Å². The number of hydrogen-bond acceptors (Lipinski definition) is 2. The number of hydrogen-bond donors (Lipinski definition) is 1. The Morgan fingerprint density at radius 1 is 1.64 bits per heavy atom. The Morgan fingerprint density at radius 3 is 2.73 bits per heavy atom. The zero-order valence-corrected chi connectivity index (χ0v) is 7.86. The predicted molar refractivity (Wildman–Crippen MR) is 51.7 cm³/mol. The molecular weight excluding hydrogens is 156 g/mol. The van der Waals surface area contributed by atoms with Crippen molar-refractivity contribution in [3.8, 4) is 0 Å². The number of nitrogens with two attached hydrogens (primary N) is 1. The van der Waals surface area contributed by atoms with Crippen LogP contribution >= 0.6 is 12.2 Å². The van der Waals surface area contributed by atoms with Crippen molar-refractivity contribution in [2.45, 2.75) is 31.7 Å². The summed E-state index contributed by atoms with van der Waals surface area (Å²) in [5.41, 5.74) is 5.38. The van der Waals surface area contributed by atoms with Crippen LogP contribution in [0.1, 0.15) is 25.7 Å². The third-order valence-electron chi connectivity index (χ3n) is 2.10. The van der Waals surface area contributed by atoms with Gasteiger partial charge in [0, 0.05) is 6.04 Å².